The van der Waals surface area contributed by atoms with Crippen LogP contribution in [0.3, 0.4) is 0 Å². The smallest absolute Gasteiger partial charge is 0.261 e. The summed E-state index contributed by atoms with van der Waals surface area (Å²) in [5.41, 5.74) is 0.770. The van der Waals surface area contributed by atoms with Crippen LogP contribution in [0.25, 0.3) is 10.9 Å². The molecule has 0 radical (unpaired) electrons. The minimum atomic E-state index is -0.622. The Kier molecular flexibility index (Phi) is 6.05. The van der Waals surface area contributed by atoms with E-state index in [0.717, 1.165) is 0 Å². The number of hydrogen-bond acceptors (Lipinski definition) is 5. The minimum Gasteiger partial charge on any atom is -0.494 e. The number of nitrogens with zero attached hydrogens (tertiary/aromatic N) is 2. The summed E-state index contributed by atoms with van der Waals surface area (Å²) in [4.78, 5) is 28.2. The topological polar surface area (TPSA) is 93.5 Å². The molecule has 0 saturated carbocycles. The van der Waals surface area contributed by atoms with Crippen LogP contribution in [-0.2, 0) is 11.3 Å². The summed E-state index contributed by atoms with van der Waals surface area (Å²) in [6.45, 7) is 0.268. The first kappa shape index (κ1) is 18.9. The number of ether oxygens (including phenoxy) is 1. The van der Waals surface area contributed by atoms with Gasteiger partial charge in [-0.3, -0.25) is 14.2 Å². The van der Waals surface area contributed by atoms with E-state index in [2.05, 4.69) is 10.3 Å². The van der Waals surface area contributed by atoms with Crippen LogP contribution < -0.4 is 15.6 Å². The summed E-state index contributed by atoms with van der Waals surface area (Å²) in [5.74, 6) is 0.172. The molecule has 2 N–H and O–H groups in total. The van der Waals surface area contributed by atoms with Crippen molar-refractivity contribution in [1.82, 2.24) is 9.55 Å². The quantitative estimate of drug-likeness (QED) is 0.607. The molecular formula is C19H18ClN3O4. The summed E-state index contributed by atoms with van der Waals surface area (Å²) < 4.78 is 7.12. The van der Waals surface area contributed by atoms with E-state index < -0.39 is 12.5 Å². The second kappa shape index (κ2) is 8.66. The molecule has 1 aromatic heterocycles. The van der Waals surface area contributed by atoms with Gasteiger partial charge in [0.2, 0.25) is 5.91 Å². The van der Waals surface area contributed by atoms with Crippen molar-refractivity contribution < 1.29 is 14.6 Å². The Labute approximate surface area is 160 Å². The normalized spacial score (nSPS) is 10.7. The number of aryl methyl sites for hydroxylation is 1. The second-order valence-electron chi connectivity index (χ2n) is 5.84. The van der Waals surface area contributed by atoms with E-state index in [4.69, 9.17) is 21.4 Å². The first-order chi connectivity index (χ1) is 13.1. The molecule has 0 aliphatic heterocycles. The lowest BCUT2D eigenvalue weighted by Crippen LogP contribution is -2.22. The minimum absolute atomic E-state index is 0.202. The van der Waals surface area contributed by atoms with Gasteiger partial charge in [-0.05, 0) is 48.9 Å². The zero-order valence-corrected chi connectivity index (χ0v) is 15.1. The first-order valence-corrected chi connectivity index (χ1v) is 8.73. The Balaban J connectivity index is 1.67. The van der Waals surface area contributed by atoms with Gasteiger partial charge in [-0.2, -0.15) is 0 Å². The summed E-state index contributed by atoms with van der Waals surface area (Å²) >= 11 is 5.83. The number of carbonyl (C=O) groups excluding carboxylic acids is 1. The number of aromatic nitrogens is 2. The van der Waals surface area contributed by atoms with Crippen molar-refractivity contribution in [2.75, 3.05) is 18.5 Å². The molecule has 3 aromatic rings. The molecule has 0 aliphatic carbocycles. The average molecular weight is 388 g/mol. The van der Waals surface area contributed by atoms with E-state index in [1.165, 1.54) is 10.9 Å². The van der Waals surface area contributed by atoms with Crippen LogP contribution in [0, 0.1) is 0 Å². The second-order valence-corrected chi connectivity index (χ2v) is 6.27. The summed E-state index contributed by atoms with van der Waals surface area (Å²) in [6.07, 6.45) is 2.12. The highest BCUT2D eigenvalue weighted by Crippen LogP contribution is 2.16. The van der Waals surface area contributed by atoms with Gasteiger partial charge in [0.1, 0.15) is 12.4 Å². The highest BCUT2D eigenvalue weighted by molar-refractivity contribution is 6.30. The fourth-order valence-electron chi connectivity index (χ4n) is 2.55. The van der Waals surface area contributed by atoms with Crippen LogP contribution in [0.1, 0.15) is 6.42 Å². The zero-order chi connectivity index (χ0) is 19.2. The van der Waals surface area contributed by atoms with Gasteiger partial charge >= 0.3 is 0 Å². The van der Waals surface area contributed by atoms with Crippen molar-refractivity contribution in [1.29, 1.82) is 0 Å². The third-order valence-electron chi connectivity index (χ3n) is 3.88. The van der Waals surface area contributed by atoms with Gasteiger partial charge in [0, 0.05) is 17.3 Å². The Bertz CT molecular complexity index is 1000. The molecule has 0 aliphatic rings. The van der Waals surface area contributed by atoms with Crippen molar-refractivity contribution >= 4 is 34.1 Å². The Morgan fingerprint density at radius 2 is 2.00 bits per heavy atom. The molecule has 27 heavy (non-hydrogen) atoms. The molecular weight excluding hydrogens is 370 g/mol. The van der Waals surface area contributed by atoms with Crippen molar-refractivity contribution in [3.8, 4) is 5.75 Å². The number of hydrogen-bond donors (Lipinski definition) is 2. The summed E-state index contributed by atoms with van der Waals surface area (Å²) in [5, 5.41) is 12.4. The standard InChI is InChI=1S/C19H18ClN3O4/c20-13-2-5-15(6-3-13)27-9-1-8-23-12-21-17-7-4-14(22-18(25)11-24)10-16(17)19(23)26/h2-7,10,12,24H,1,8-9,11H2,(H,22,25). The molecule has 8 heteroatoms. The van der Waals surface area contributed by atoms with Crippen molar-refractivity contribution in [3.05, 3.63) is 64.2 Å². The predicted molar refractivity (Wildman–Crippen MR) is 103 cm³/mol. The molecule has 140 valence electrons. The number of benzene rings is 2. The van der Waals surface area contributed by atoms with Gasteiger partial charge in [-0.15, -0.1) is 0 Å². The number of halogens is 1. The number of aliphatic hydroxyl groups excluding tert-OH is 1. The molecule has 0 bridgehead atoms. The number of carbonyl (C=O) groups is 1. The Morgan fingerprint density at radius 3 is 2.74 bits per heavy atom. The van der Waals surface area contributed by atoms with Gasteiger partial charge in [0.15, 0.2) is 0 Å². The third kappa shape index (κ3) is 4.84. The number of amides is 1. The molecule has 2 aromatic carbocycles. The molecule has 0 spiro atoms. The average Bonchev–Trinajstić information content (AvgIpc) is 2.68. The fraction of sp³-hybridized carbons (Fsp3) is 0.211. The maximum atomic E-state index is 12.6. The maximum absolute atomic E-state index is 12.6. The third-order valence-corrected chi connectivity index (χ3v) is 4.13. The van der Waals surface area contributed by atoms with Crippen LogP contribution in [0.5, 0.6) is 5.75 Å². The van der Waals surface area contributed by atoms with Crippen molar-refractivity contribution in [2.24, 2.45) is 0 Å². The zero-order valence-electron chi connectivity index (χ0n) is 14.4. The van der Waals surface area contributed by atoms with Crippen molar-refractivity contribution in [3.63, 3.8) is 0 Å². The molecule has 1 amide bonds. The summed E-state index contributed by atoms with van der Waals surface area (Å²) in [6, 6.07) is 11.9. The lowest BCUT2D eigenvalue weighted by molar-refractivity contribution is -0.118. The van der Waals surface area contributed by atoms with E-state index >= 15 is 0 Å². The number of fused-ring (bicyclic) bond motifs is 1. The fourth-order valence-corrected chi connectivity index (χ4v) is 2.68. The van der Waals surface area contributed by atoms with Crippen LogP contribution in [0.15, 0.2) is 53.6 Å². The monoisotopic (exact) mass is 387 g/mol. The van der Waals surface area contributed by atoms with Crippen LogP contribution in [0.2, 0.25) is 5.02 Å². The highest BCUT2D eigenvalue weighted by atomic mass is 35.5. The van der Waals surface area contributed by atoms with E-state index in [1.54, 1.807) is 42.5 Å². The SMILES string of the molecule is O=C(CO)Nc1ccc2ncn(CCCOc3ccc(Cl)cc3)c(=O)c2c1. The van der Waals surface area contributed by atoms with Crippen molar-refractivity contribution in [2.45, 2.75) is 13.0 Å². The van der Waals surface area contributed by atoms with Gasteiger partial charge < -0.3 is 15.2 Å². The Morgan fingerprint density at radius 1 is 1.22 bits per heavy atom. The maximum Gasteiger partial charge on any atom is 0.261 e. The van der Waals surface area contributed by atoms with Gasteiger partial charge in [-0.25, -0.2) is 4.98 Å². The predicted octanol–water partition coefficient (Wildman–Crippen LogP) is 2.45. The van der Waals surface area contributed by atoms with E-state index in [-0.39, 0.29) is 5.56 Å². The summed E-state index contributed by atoms with van der Waals surface area (Å²) in [7, 11) is 0. The van der Waals surface area contributed by atoms with E-state index in [1.807, 2.05) is 0 Å². The first-order valence-electron chi connectivity index (χ1n) is 8.35. The van der Waals surface area contributed by atoms with Gasteiger partial charge in [0.25, 0.3) is 5.56 Å². The molecule has 7 nitrogen and oxygen atoms in total. The highest BCUT2D eigenvalue weighted by Gasteiger charge is 2.07. The Hall–Kier alpha value is -2.90. The van der Waals surface area contributed by atoms with Gasteiger partial charge in [-0.1, -0.05) is 11.6 Å². The molecule has 0 unspecified atom stereocenters. The number of aliphatic hydroxyl groups is 1. The largest absolute Gasteiger partial charge is 0.494 e. The van der Waals surface area contributed by atoms with Crippen LogP contribution >= 0.6 is 11.6 Å². The molecule has 1 heterocycles. The van der Waals surface area contributed by atoms with Crippen LogP contribution in [0.4, 0.5) is 5.69 Å². The van der Waals surface area contributed by atoms with Crippen LogP contribution in [-0.4, -0.2) is 33.8 Å². The number of rotatable bonds is 7. The number of nitrogens with one attached hydrogen (secondary N) is 1. The molecule has 0 fully saturated rings. The molecule has 0 saturated heterocycles. The van der Waals surface area contributed by atoms with E-state index in [0.29, 0.717) is 46.9 Å². The number of anilines is 1. The lowest BCUT2D eigenvalue weighted by atomic mass is 10.2. The van der Waals surface area contributed by atoms with Gasteiger partial charge in [0.05, 0.1) is 23.8 Å². The van der Waals surface area contributed by atoms with E-state index in [9.17, 15) is 9.59 Å². The molecule has 3 rings (SSSR count). The lowest BCUT2D eigenvalue weighted by Gasteiger charge is -2.09. The molecule has 0 atom stereocenters.